The van der Waals surface area contributed by atoms with Crippen LogP contribution >= 0.6 is 0 Å². The highest BCUT2D eigenvalue weighted by atomic mass is 32.2. The van der Waals surface area contributed by atoms with E-state index in [1.807, 2.05) is 13.0 Å². The van der Waals surface area contributed by atoms with Gasteiger partial charge in [-0.15, -0.1) is 0 Å². The molecule has 1 atom stereocenters. The Morgan fingerprint density at radius 1 is 1.03 bits per heavy atom. The van der Waals surface area contributed by atoms with E-state index in [4.69, 9.17) is 4.74 Å². The molecule has 0 spiro atoms. The summed E-state index contributed by atoms with van der Waals surface area (Å²) in [7, 11) is -2.23. The summed E-state index contributed by atoms with van der Waals surface area (Å²) >= 11 is 0. The quantitative estimate of drug-likeness (QED) is 0.466. The Kier molecular flexibility index (Phi) is 7.38. The van der Waals surface area contributed by atoms with Crippen molar-refractivity contribution in [3.05, 3.63) is 76.2 Å². The zero-order valence-electron chi connectivity index (χ0n) is 19.2. The predicted octanol–water partition coefficient (Wildman–Crippen LogP) is 1.64. The lowest BCUT2D eigenvalue weighted by atomic mass is 10.2. The Hall–Kier alpha value is -3.70. The summed E-state index contributed by atoms with van der Waals surface area (Å²) in [5.74, 6) is -1.66. The molecule has 11 heteroatoms. The van der Waals surface area contributed by atoms with E-state index >= 15 is 0 Å². The fourth-order valence-electron chi connectivity index (χ4n) is 3.18. The summed E-state index contributed by atoms with van der Waals surface area (Å²) < 4.78 is 34.8. The molecule has 0 radical (unpaired) electrons. The van der Waals surface area contributed by atoms with Gasteiger partial charge in [-0.2, -0.15) is 4.72 Å². The van der Waals surface area contributed by atoms with Gasteiger partial charge in [0, 0.05) is 7.05 Å². The largest absolute Gasteiger partial charge is 0.452 e. The molecule has 10 nitrogen and oxygen atoms in total. The van der Waals surface area contributed by atoms with Gasteiger partial charge in [-0.05, 0) is 45.0 Å². The molecule has 2 N–H and O–H groups in total. The van der Waals surface area contributed by atoms with Crippen molar-refractivity contribution in [3.63, 3.8) is 0 Å². The van der Waals surface area contributed by atoms with Crippen LogP contribution in [0.1, 0.15) is 18.2 Å². The second-order valence-electron chi connectivity index (χ2n) is 7.70. The number of amides is 1. The number of ether oxygens (including phenoxy) is 1. The first kappa shape index (κ1) is 24.9. The van der Waals surface area contributed by atoms with Crippen LogP contribution in [0, 0.1) is 13.8 Å². The SMILES string of the molecule is Cc1ccc(S(=O)(=O)NCC(=O)OC(C)C(=O)Nc2c(C)n(C)n(-c3ccccc3)c2=O)cc1. The van der Waals surface area contributed by atoms with Crippen LogP contribution in [-0.4, -0.2) is 42.3 Å². The lowest BCUT2D eigenvalue weighted by Crippen LogP contribution is -2.36. The van der Waals surface area contributed by atoms with E-state index < -0.39 is 40.1 Å². The van der Waals surface area contributed by atoms with Crippen molar-refractivity contribution in [2.45, 2.75) is 31.8 Å². The fourth-order valence-corrected chi connectivity index (χ4v) is 4.15. The molecular weight excluding hydrogens is 460 g/mol. The number of rotatable bonds is 8. The average molecular weight is 487 g/mol. The van der Waals surface area contributed by atoms with Gasteiger partial charge >= 0.3 is 5.97 Å². The van der Waals surface area contributed by atoms with E-state index in [2.05, 4.69) is 10.0 Å². The molecule has 2 aromatic carbocycles. The molecule has 1 heterocycles. The molecule has 0 aliphatic heterocycles. The fraction of sp³-hybridized carbons (Fsp3) is 0.261. The van der Waals surface area contributed by atoms with Gasteiger partial charge in [-0.25, -0.2) is 13.1 Å². The number of nitrogens with one attached hydrogen (secondary N) is 2. The van der Waals surface area contributed by atoms with Gasteiger partial charge in [0.05, 0.1) is 16.3 Å². The van der Waals surface area contributed by atoms with Crippen LogP contribution in [-0.2, 0) is 31.4 Å². The van der Waals surface area contributed by atoms with E-state index in [0.29, 0.717) is 11.4 Å². The summed E-state index contributed by atoms with van der Waals surface area (Å²) in [5.41, 5.74) is 1.64. The van der Waals surface area contributed by atoms with Gasteiger partial charge in [0.15, 0.2) is 6.10 Å². The smallest absolute Gasteiger partial charge is 0.321 e. The number of nitrogens with zero attached hydrogens (tertiary/aromatic N) is 2. The Bertz CT molecular complexity index is 1360. The van der Waals surface area contributed by atoms with Crippen molar-refractivity contribution in [2.75, 3.05) is 11.9 Å². The summed E-state index contributed by atoms with van der Waals surface area (Å²) in [6.45, 7) is 4.17. The highest BCUT2D eigenvalue weighted by Gasteiger charge is 2.24. The van der Waals surface area contributed by atoms with Crippen LogP contribution in [0.5, 0.6) is 0 Å². The first-order chi connectivity index (χ1) is 16.0. The van der Waals surface area contributed by atoms with E-state index in [1.165, 1.54) is 23.7 Å². The maximum Gasteiger partial charge on any atom is 0.321 e. The molecule has 34 heavy (non-hydrogen) atoms. The third-order valence-electron chi connectivity index (χ3n) is 5.22. The molecule has 0 bridgehead atoms. The molecule has 0 saturated carbocycles. The lowest BCUT2D eigenvalue weighted by molar-refractivity contribution is -0.151. The van der Waals surface area contributed by atoms with Gasteiger partial charge < -0.3 is 10.1 Å². The molecule has 0 aliphatic carbocycles. The average Bonchev–Trinajstić information content (AvgIpc) is 3.01. The molecule has 0 fully saturated rings. The van der Waals surface area contributed by atoms with E-state index in [0.717, 1.165) is 5.56 Å². The minimum absolute atomic E-state index is 0.00550. The minimum atomic E-state index is -3.91. The number of carbonyl (C=O) groups excluding carboxylic acids is 2. The summed E-state index contributed by atoms with van der Waals surface area (Å²) in [5, 5.41) is 2.51. The van der Waals surface area contributed by atoms with Crippen molar-refractivity contribution >= 4 is 27.6 Å². The van der Waals surface area contributed by atoms with Gasteiger partial charge in [0.1, 0.15) is 12.2 Å². The van der Waals surface area contributed by atoms with Crippen LogP contribution in [0.2, 0.25) is 0 Å². The number of anilines is 1. The highest BCUT2D eigenvalue weighted by molar-refractivity contribution is 7.89. The number of carbonyl (C=O) groups is 2. The highest BCUT2D eigenvalue weighted by Crippen LogP contribution is 2.15. The molecule has 1 aromatic heterocycles. The van der Waals surface area contributed by atoms with Crippen LogP contribution in [0.15, 0.2) is 64.3 Å². The van der Waals surface area contributed by atoms with Crippen LogP contribution in [0.3, 0.4) is 0 Å². The number of sulfonamides is 1. The third-order valence-corrected chi connectivity index (χ3v) is 6.63. The van der Waals surface area contributed by atoms with E-state index in [1.54, 1.807) is 55.1 Å². The van der Waals surface area contributed by atoms with Crippen molar-refractivity contribution in [1.29, 1.82) is 0 Å². The van der Waals surface area contributed by atoms with Gasteiger partial charge in [0.25, 0.3) is 11.5 Å². The van der Waals surface area contributed by atoms with Crippen LogP contribution < -0.4 is 15.6 Å². The Morgan fingerprint density at radius 2 is 1.65 bits per heavy atom. The second kappa shape index (κ2) is 10.1. The second-order valence-corrected chi connectivity index (χ2v) is 9.46. The Labute approximate surface area is 197 Å². The van der Waals surface area contributed by atoms with Crippen LogP contribution in [0.25, 0.3) is 5.69 Å². The monoisotopic (exact) mass is 486 g/mol. The number of hydrogen-bond donors (Lipinski definition) is 2. The number of esters is 1. The van der Waals surface area contributed by atoms with E-state index in [9.17, 15) is 22.8 Å². The molecular formula is C23H26N4O6S. The summed E-state index contributed by atoms with van der Waals surface area (Å²) in [6, 6.07) is 15.0. The van der Waals surface area contributed by atoms with Gasteiger partial charge in [-0.1, -0.05) is 35.9 Å². The third kappa shape index (κ3) is 5.43. The molecule has 3 rings (SSSR count). The van der Waals surface area contributed by atoms with Crippen molar-refractivity contribution in [2.24, 2.45) is 7.05 Å². The van der Waals surface area contributed by atoms with E-state index in [-0.39, 0.29) is 10.6 Å². The lowest BCUT2D eigenvalue weighted by Gasteiger charge is -2.13. The summed E-state index contributed by atoms with van der Waals surface area (Å²) in [6.07, 6.45) is -1.26. The molecule has 1 amide bonds. The first-order valence-electron chi connectivity index (χ1n) is 10.4. The van der Waals surface area contributed by atoms with Crippen LogP contribution in [0.4, 0.5) is 5.69 Å². The number of aryl methyl sites for hydroxylation is 1. The molecule has 180 valence electrons. The Morgan fingerprint density at radius 3 is 2.26 bits per heavy atom. The zero-order valence-corrected chi connectivity index (χ0v) is 20.0. The van der Waals surface area contributed by atoms with Crippen molar-refractivity contribution in [3.8, 4) is 5.69 Å². The Balaban J connectivity index is 1.64. The normalized spacial score (nSPS) is 12.2. The molecule has 3 aromatic rings. The summed E-state index contributed by atoms with van der Waals surface area (Å²) in [4.78, 5) is 37.6. The zero-order chi connectivity index (χ0) is 25.0. The topological polar surface area (TPSA) is 128 Å². The van der Waals surface area contributed by atoms with Crippen molar-refractivity contribution < 1.29 is 22.7 Å². The standard InChI is InChI=1S/C23H26N4O6S/c1-15-10-12-19(13-11-15)34(31,32)24-14-20(28)33-17(3)22(29)25-21-16(2)26(4)27(23(21)30)18-8-6-5-7-9-18/h5-13,17,24H,14H2,1-4H3,(H,25,29). The number of para-hydroxylation sites is 1. The number of benzene rings is 2. The number of hydrogen-bond acceptors (Lipinski definition) is 6. The number of aromatic nitrogens is 2. The van der Waals surface area contributed by atoms with Gasteiger partial charge in [0.2, 0.25) is 10.0 Å². The maximum absolute atomic E-state index is 12.9. The molecule has 0 aliphatic rings. The van der Waals surface area contributed by atoms with Gasteiger partial charge in [-0.3, -0.25) is 19.1 Å². The first-order valence-corrected chi connectivity index (χ1v) is 11.9. The molecule has 0 saturated heterocycles. The maximum atomic E-state index is 12.9. The van der Waals surface area contributed by atoms with Crippen molar-refractivity contribution in [1.82, 2.24) is 14.1 Å². The molecule has 1 unspecified atom stereocenters. The minimum Gasteiger partial charge on any atom is -0.452 e. The predicted molar refractivity (Wildman–Crippen MR) is 126 cm³/mol.